The molecule has 0 amide bonds. The van der Waals surface area contributed by atoms with Crippen molar-refractivity contribution in [3.05, 3.63) is 47.5 Å². The van der Waals surface area contributed by atoms with Gasteiger partial charge in [-0.15, -0.1) is 0 Å². The van der Waals surface area contributed by atoms with Crippen molar-refractivity contribution in [2.75, 3.05) is 14.2 Å². The van der Waals surface area contributed by atoms with E-state index in [0.717, 1.165) is 5.39 Å². The molecule has 0 saturated carbocycles. The molecule has 1 aliphatic heterocycles. The highest BCUT2D eigenvalue weighted by atomic mass is 16.5. The average Bonchev–Trinajstić information content (AvgIpc) is 2.64. The first kappa shape index (κ1) is 18.7. The summed E-state index contributed by atoms with van der Waals surface area (Å²) in [5, 5.41) is 4.02. The maximum absolute atomic E-state index is 12.6. The minimum Gasteiger partial charge on any atom is -0.468 e. The Labute approximate surface area is 157 Å². The van der Waals surface area contributed by atoms with Crippen molar-refractivity contribution in [3.63, 3.8) is 0 Å². The first-order chi connectivity index (χ1) is 12.8. The zero-order valence-corrected chi connectivity index (χ0v) is 16.0. The van der Waals surface area contributed by atoms with E-state index in [4.69, 9.17) is 14.2 Å². The number of esters is 2. The van der Waals surface area contributed by atoms with Gasteiger partial charge in [0, 0.05) is 22.7 Å². The van der Waals surface area contributed by atoms with Crippen molar-refractivity contribution in [1.82, 2.24) is 10.3 Å². The Kier molecular flexibility index (Phi) is 4.78. The average molecular weight is 370 g/mol. The summed E-state index contributed by atoms with van der Waals surface area (Å²) >= 11 is 0. The molecular formula is C20H22N2O5. The summed E-state index contributed by atoms with van der Waals surface area (Å²) in [7, 11) is 2.54. The number of nitrogens with one attached hydrogen (secondary N) is 1. The van der Waals surface area contributed by atoms with Crippen LogP contribution in [0.25, 0.3) is 10.9 Å². The lowest BCUT2D eigenvalue weighted by molar-refractivity contribution is -0.145. The Bertz CT molecular complexity index is 943. The molecule has 1 aromatic carbocycles. The molecule has 0 radical (unpaired) electrons. The van der Waals surface area contributed by atoms with Gasteiger partial charge >= 0.3 is 11.9 Å². The maximum atomic E-state index is 12.6. The third-order valence-electron chi connectivity index (χ3n) is 4.14. The number of benzene rings is 1. The summed E-state index contributed by atoms with van der Waals surface area (Å²) in [5.74, 6) is -1.65. The van der Waals surface area contributed by atoms with Crippen LogP contribution >= 0.6 is 0 Å². The molecule has 2 aromatic rings. The lowest BCUT2D eigenvalue weighted by atomic mass is 9.87. The van der Waals surface area contributed by atoms with Crippen molar-refractivity contribution in [1.29, 1.82) is 0 Å². The van der Waals surface area contributed by atoms with Crippen LogP contribution < -0.4 is 10.1 Å². The highest BCUT2D eigenvalue weighted by molar-refractivity contribution is 6.01. The van der Waals surface area contributed by atoms with E-state index in [9.17, 15) is 9.59 Å². The molecule has 27 heavy (non-hydrogen) atoms. The van der Waals surface area contributed by atoms with Gasteiger partial charge in [-0.05, 0) is 26.8 Å². The first-order valence-electron chi connectivity index (χ1n) is 8.51. The quantitative estimate of drug-likeness (QED) is 0.831. The van der Waals surface area contributed by atoms with Gasteiger partial charge in [-0.1, -0.05) is 18.2 Å². The van der Waals surface area contributed by atoms with Crippen LogP contribution in [-0.4, -0.2) is 36.7 Å². The van der Waals surface area contributed by atoms with Gasteiger partial charge in [0.1, 0.15) is 17.0 Å². The van der Waals surface area contributed by atoms with E-state index in [1.54, 1.807) is 12.3 Å². The zero-order chi connectivity index (χ0) is 19.8. The molecule has 1 aromatic heterocycles. The van der Waals surface area contributed by atoms with E-state index in [1.165, 1.54) is 14.2 Å². The normalized spacial score (nSPS) is 16.4. The molecule has 7 heteroatoms. The van der Waals surface area contributed by atoms with Gasteiger partial charge < -0.3 is 19.5 Å². The van der Waals surface area contributed by atoms with Gasteiger partial charge in [0.2, 0.25) is 5.88 Å². The molecule has 142 valence electrons. The van der Waals surface area contributed by atoms with Gasteiger partial charge in [-0.2, -0.15) is 0 Å². The van der Waals surface area contributed by atoms with Crippen LogP contribution in [0, 0.1) is 0 Å². The number of methoxy groups -OCH3 is 2. The number of fused-ring (bicyclic) bond motifs is 3. The molecule has 0 bridgehead atoms. The van der Waals surface area contributed by atoms with Crippen molar-refractivity contribution in [3.8, 4) is 5.75 Å². The highest BCUT2D eigenvalue weighted by Gasteiger charge is 2.42. The van der Waals surface area contributed by atoms with Gasteiger partial charge in [0.25, 0.3) is 0 Å². The van der Waals surface area contributed by atoms with E-state index in [0.29, 0.717) is 16.8 Å². The lowest BCUT2D eigenvalue weighted by Crippen LogP contribution is -2.41. The molecule has 3 rings (SSSR count). The van der Waals surface area contributed by atoms with E-state index < -0.39 is 23.4 Å². The summed E-state index contributed by atoms with van der Waals surface area (Å²) in [6.45, 7) is 5.76. The number of pyridine rings is 1. The van der Waals surface area contributed by atoms with Gasteiger partial charge in [-0.3, -0.25) is 9.78 Å². The number of carbonyl (C=O) groups is 2. The van der Waals surface area contributed by atoms with Crippen molar-refractivity contribution >= 4 is 22.8 Å². The topological polar surface area (TPSA) is 86.8 Å². The summed E-state index contributed by atoms with van der Waals surface area (Å²) in [6, 6.07) is 7.30. The molecule has 0 fully saturated rings. The molecule has 1 unspecified atom stereocenters. The number of aromatic nitrogens is 1. The monoisotopic (exact) mass is 370 g/mol. The molecule has 1 N–H and O–H groups in total. The predicted molar refractivity (Wildman–Crippen MR) is 99.1 cm³/mol. The Morgan fingerprint density at radius 3 is 2.52 bits per heavy atom. The number of ether oxygens (including phenoxy) is 3. The van der Waals surface area contributed by atoms with Crippen molar-refractivity contribution < 1.29 is 23.8 Å². The second-order valence-electron chi connectivity index (χ2n) is 7.23. The Morgan fingerprint density at radius 2 is 1.89 bits per heavy atom. The minimum atomic E-state index is -0.984. The van der Waals surface area contributed by atoms with Crippen LogP contribution in [0.1, 0.15) is 32.3 Å². The van der Waals surface area contributed by atoms with Gasteiger partial charge in [-0.25, -0.2) is 4.79 Å². The Morgan fingerprint density at radius 1 is 1.15 bits per heavy atom. The zero-order valence-electron chi connectivity index (χ0n) is 16.0. The van der Waals surface area contributed by atoms with Gasteiger partial charge in [0.15, 0.2) is 5.75 Å². The summed E-state index contributed by atoms with van der Waals surface area (Å²) in [5.41, 5.74) is 0.751. The smallest absolute Gasteiger partial charge is 0.340 e. The molecule has 7 nitrogen and oxygen atoms in total. The molecule has 0 spiro atoms. The van der Waals surface area contributed by atoms with Crippen molar-refractivity contribution in [2.45, 2.75) is 32.2 Å². The van der Waals surface area contributed by atoms with Gasteiger partial charge in [0.05, 0.1) is 14.2 Å². The van der Waals surface area contributed by atoms with Crippen molar-refractivity contribution in [2.24, 2.45) is 0 Å². The van der Waals surface area contributed by atoms with E-state index in [1.807, 2.05) is 39.0 Å². The molecule has 0 saturated heterocycles. The van der Waals surface area contributed by atoms with Crippen LogP contribution in [0.2, 0.25) is 0 Å². The van der Waals surface area contributed by atoms with Crippen LogP contribution in [0.15, 0.2) is 41.9 Å². The Hall–Kier alpha value is -3.09. The molecule has 0 aliphatic carbocycles. The largest absolute Gasteiger partial charge is 0.468 e. The fourth-order valence-corrected chi connectivity index (χ4v) is 3.03. The lowest BCUT2D eigenvalue weighted by Gasteiger charge is -2.32. The number of carbonyl (C=O) groups excluding carboxylic acids is 2. The third kappa shape index (κ3) is 3.45. The Balaban J connectivity index is 2.30. The number of hydrogen-bond acceptors (Lipinski definition) is 7. The minimum absolute atomic E-state index is 0.0713. The third-order valence-corrected chi connectivity index (χ3v) is 4.14. The SMILES string of the molecule is COC(=O)C1=C(NC(C)(C)C)Oc2c(ccc3cccnc23)C1C(=O)OC. The highest BCUT2D eigenvalue weighted by Crippen LogP contribution is 2.43. The molecular weight excluding hydrogens is 348 g/mol. The molecule has 1 atom stereocenters. The first-order valence-corrected chi connectivity index (χ1v) is 8.51. The standard InChI is InChI=1S/C20H22N2O5/c1-20(2,3)22-17-14(19(24)26-5)13(18(23)25-4)12-9-8-11-7-6-10-21-15(11)16(12)27-17/h6-10,13,22H,1-5H3. The second kappa shape index (κ2) is 6.90. The van der Waals surface area contributed by atoms with Crippen LogP contribution in [0.3, 0.4) is 0 Å². The molecule has 1 aliphatic rings. The number of nitrogens with zero attached hydrogens (tertiary/aromatic N) is 1. The number of hydrogen-bond donors (Lipinski definition) is 1. The van der Waals surface area contributed by atoms with Crippen LogP contribution in [0.4, 0.5) is 0 Å². The molecule has 2 heterocycles. The fraction of sp³-hybridized carbons (Fsp3) is 0.350. The van der Waals surface area contributed by atoms with E-state index in [-0.39, 0.29) is 11.5 Å². The summed E-state index contributed by atoms with van der Waals surface area (Å²) < 4.78 is 16.0. The summed E-state index contributed by atoms with van der Waals surface area (Å²) in [6.07, 6.45) is 1.65. The fourth-order valence-electron chi connectivity index (χ4n) is 3.03. The maximum Gasteiger partial charge on any atom is 0.340 e. The van der Waals surface area contributed by atoms with Crippen LogP contribution in [0.5, 0.6) is 5.75 Å². The number of rotatable bonds is 3. The second-order valence-corrected chi connectivity index (χ2v) is 7.23. The van der Waals surface area contributed by atoms with Crippen LogP contribution in [-0.2, 0) is 19.1 Å². The van der Waals surface area contributed by atoms with E-state index >= 15 is 0 Å². The summed E-state index contributed by atoms with van der Waals surface area (Å²) in [4.78, 5) is 29.6. The van der Waals surface area contributed by atoms with E-state index in [2.05, 4.69) is 10.3 Å². The predicted octanol–water partition coefficient (Wildman–Crippen LogP) is 2.66.